The Kier molecular flexibility index (Phi) is 6.26. The average molecular weight is 363 g/mol. The van der Waals surface area contributed by atoms with E-state index in [-0.39, 0.29) is 0 Å². The minimum absolute atomic E-state index is 0.364. The summed E-state index contributed by atoms with van der Waals surface area (Å²) in [6, 6.07) is 17.2. The number of nitrogens with zero attached hydrogens (tertiary/aromatic N) is 1. The molecule has 0 spiro atoms. The molecule has 0 bridgehead atoms. The highest BCUT2D eigenvalue weighted by molar-refractivity contribution is 6.23. The van der Waals surface area contributed by atoms with Gasteiger partial charge in [-0.25, -0.2) is 4.79 Å². The first-order valence-electron chi connectivity index (χ1n) is 9.36. The lowest BCUT2D eigenvalue weighted by molar-refractivity contribution is -0.130. The van der Waals surface area contributed by atoms with Crippen molar-refractivity contribution in [3.8, 4) is 0 Å². The zero-order valence-electron chi connectivity index (χ0n) is 15.5. The number of aliphatic imine (C=N–C) groups is 1. The summed E-state index contributed by atoms with van der Waals surface area (Å²) >= 11 is 0. The van der Waals surface area contributed by atoms with Crippen molar-refractivity contribution in [1.29, 1.82) is 0 Å². The van der Waals surface area contributed by atoms with Gasteiger partial charge in [0.25, 0.3) is 0 Å². The average Bonchev–Trinajstić information content (AvgIpc) is 2.69. The molecule has 5 nitrogen and oxygen atoms in total. The van der Waals surface area contributed by atoms with Crippen molar-refractivity contribution < 1.29 is 9.90 Å². The SMILES string of the molecule is CCCC(=C(C(=O)O)c1ccccc1)c1cccc(NC2=NCCCN2)c1. The molecule has 0 aromatic heterocycles. The Labute approximate surface area is 159 Å². The number of carboxylic acids is 1. The van der Waals surface area contributed by atoms with Gasteiger partial charge < -0.3 is 15.7 Å². The predicted octanol–water partition coefficient (Wildman–Crippen LogP) is 4.24. The summed E-state index contributed by atoms with van der Waals surface area (Å²) in [5.41, 5.74) is 3.75. The van der Waals surface area contributed by atoms with Crippen LogP contribution in [0.25, 0.3) is 11.1 Å². The van der Waals surface area contributed by atoms with Gasteiger partial charge in [-0.05, 0) is 41.7 Å². The third-order valence-electron chi connectivity index (χ3n) is 4.45. The van der Waals surface area contributed by atoms with Crippen LogP contribution in [0.4, 0.5) is 5.69 Å². The van der Waals surface area contributed by atoms with Gasteiger partial charge in [-0.15, -0.1) is 0 Å². The molecular weight excluding hydrogens is 338 g/mol. The van der Waals surface area contributed by atoms with Gasteiger partial charge >= 0.3 is 5.97 Å². The molecule has 0 saturated heterocycles. The summed E-state index contributed by atoms with van der Waals surface area (Å²) in [6.45, 7) is 3.78. The Hall–Kier alpha value is -3.08. The molecule has 0 aliphatic carbocycles. The molecule has 5 heteroatoms. The van der Waals surface area contributed by atoms with Crippen molar-refractivity contribution in [2.45, 2.75) is 26.2 Å². The Balaban J connectivity index is 2.02. The number of aliphatic carboxylic acids is 1. The second-order valence-electron chi connectivity index (χ2n) is 6.49. The maximum atomic E-state index is 12.1. The van der Waals surface area contributed by atoms with Crippen molar-refractivity contribution in [2.24, 2.45) is 4.99 Å². The number of nitrogens with one attached hydrogen (secondary N) is 2. The van der Waals surface area contributed by atoms with Gasteiger partial charge in [-0.3, -0.25) is 4.99 Å². The van der Waals surface area contributed by atoms with E-state index in [9.17, 15) is 9.90 Å². The highest BCUT2D eigenvalue weighted by Gasteiger charge is 2.18. The molecule has 1 heterocycles. The van der Waals surface area contributed by atoms with Crippen molar-refractivity contribution in [3.05, 3.63) is 65.7 Å². The minimum Gasteiger partial charge on any atom is -0.478 e. The molecule has 1 aliphatic rings. The molecule has 2 aromatic rings. The first-order valence-corrected chi connectivity index (χ1v) is 9.36. The molecule has 0 fully saturated rings. The van der Waals surface area contributed by atoms with Gasteiger partial charge in [0.05, 0.1) is 5.57 Å². The fourth-order valence-electron chi connectivity index (χ4n) is 3.23. The first-order chi connectivity index (χ1) is 13.2. The van der Waals surface area contributed by atoms with E-state index in [0.717, 1.165) is 54.3 Å². The van der Waals surface area contributed by atoms with Crippen molar-refractivity contribution in [3.63, 3.8) is 0 Å². The van der Waals surface area contributed by atoms with Gasteiger partial charge in [-0.1, -0.05) is 55.8 Å². The second kappa shape index (κ2) is 9.03. The van der Waals surface area contributed by atoms with Gasteiger partial charge in [0, 0.05) is 18.8 Å². The molecule has 0 saturated carbocycles. The molecule has 2 aromatic carbocycles. The third-order valence-corrected chi connectivity index (χ3v) is 4.45. The largest absolute Gasteiger partial charge is 0.478 e. The van der Waals surface area contributed by atoms with Crippen LogP contribution < -0.4 is 10.6 Å². The van der Waals surface area contributed by atoms with Crippen LogP contribution in [0.2, 0.25) is 0 Å². The number of carbonyl (C=O) groups is 1. The van der Waals surface area contributed by atoms with Gasteiger partial charge in [-0.2, -0.15) is 0 Å². The molecule has 27 heavy (non-hydrogen) atoms. The van der Waals surface area contributed by atoms with Gasteiger partial charge in [0.15, 0.2) is 5.96 Å². The van der Waals surface area contributed by atoms with E-state index in [0.29, 0.717) is 12.0 Å². The van der Waals surface area contributed by atoms with E-state index in [4.69, 9.17) is 0 Å². The molecule has 3 N–H and O–H groups in total. The number of hydrogen-bond donors (Lipinski definition) is 3. The summed E-state index contributed by atoms with van der Waals surface area (Å²) in [6.07, 6.45) is 2.59. The van der Waals surface area contributed by atoms with Crippen LogP contribution in [0.5, 0.6) is 0 Å². The maximum Gasteiger partial charge on any atom is 0.336 e. The van der Waals surface area contributed by atoms with E-state index >= 15 is 0 Å². The quantitative estimate of drug-likeness (QED) is 0.530. The van der Waals surface area contributed by atoms with Crippen LogP contribution in [0.3, 0.4) is 0 Å². The maximum absolute atomic E-state index is 12.1. The van der Waals surface area contributed by atoms with E-state index < -0.39 is 5.97 Å². The summed E-state index contributed by atoms with van der Waals surface area (Å²) in [5, 5.41) is 16.4. The Morgan fingerprint density at radius 1 is 1.15 bits per heavy atom. The Morgan fingerprint density at radius 2 is 1.93 bits per heavy atom. The number of benzene rings is 2. The lowest BCUT2D eigenvalue weighted by Gasteiger charge is -2.18. The van der Waals surface area contributed by atoms with E-state index in [1.165, 1.54) is 0 Å². The van der Waals surface area contributed by atoms with Crippen LogP contribution in [0, 0.1) is 0 Å². The molecule has 0 atom stereocenters. The molecule has 0 unspecified atom stereocenters. The number of hydrogen-bond acceptors (Lipinski definition) is 4. The molecule has 1 aliphatic heterocycles. The smallest absolute Gasteiger partial charge is 0.336 e. The fourth-order valence-corrected chi connectivity index (χ4v) is 3.23. The van der Waals surface area contributed by atoms with Crippen LogP contribution in [-0.2, 0) is 4.79 Å². The van der Waals surface area contributed by atoms with Crippen molar-refractivity contribution in [2.75, 3.05) is 18.4 Å². The number of carboxylic acid groups (broad SMARTS) is 1. The van der Waals surface area contributed by atoms with E-state index in [1.807, 2.05) is 54.6 Å². The highest BCUT2D eigenvalue weighted by atomic mass is 16.4. The van der Waals surface area contributed by atoms with Crippen molar-refractivity contribution in [1.82, 2.24) is 5.32 Å². The zero-order valence-corrected chi connectivity index (χ0v) is 15.5. The second-order valence-corrected chi connectivity index (χ2v) is 6.49. The van der Waals surface area contributed by atoms with Crippen LogP contribution >= 0.6 is 0 Å². The lowest BCUT2D eigenvalue weighted by atomic mass is 9.91. The Bertz CT molecular complexity index is 857. The lowest BCUT2D eigenvalue weighted by Crippen LogP contribution is -2.35. The monoisotopic (exact) mass is 363 g/mol. The van der Waals surface area contributed by atoms with E-state index in [2.05, 4.69) is 22.5 Å². The summed E-state index contributed by atoms with van der Waals surface area (Å²) < 4.78 is 0. The summed E-state index contributed by atoms with van der Waals surface area (Å²) in [4.78, 5) is 16.5. The number of rotatable bonds is 6. The molecule has 0 radical (unpaired) electrons. The topological polar surface area (TPSA) is 73.7 Å². The number of anilines is 1. The Morgan fingerprint density at radius 3 is 2.59 bits per heavy atom. The normalized spacial score (nSPS) is 14.6. The van der Waals surface area contributed by atoms with Crippen LogP contribution in [-0.4, -0.2) is 30.1 Å². The molecule has 3 rings (SSSR count). The predicted molar refractivity (Wildman–Crippen MR) is 111 cm³/mol. The summed E-state index contributed by atoms with van der Waals surface area (Å²) in [5.74, 6) is -0.137. The fraction of sp³-hybridized carbons (Fsp3) is 0.273. The molecular formula is C22H25N3O2. The third kappa shape index (κ3) is 4.76. The van der Waals surface area contributed by atoms with E-state index in [1.54, 1.807) is 0 Å². The standard InChI is InChI=1S/C22H25N3O2/c1-2-8-19(20(21(26)27)16-9-4-3-5-10-16)17-11-6-12-18(15-17)25-22-23-13-7-14-24-22/h3-6,9-12,15H,2,7-8,13-14H2,1H3,(H,26,27)(H2,23,24,25). The van der Waals surface area contributed by atoms with Gasteiger partial charge in [0.1, 0.15) is 0 Å². The molecule has 140 valence electrons. The highest BCUT2D eigenvalue weighted by Crippen LogP contribution is 2.31. The summed E-state index contributed by atoms with van der Waals surface area (Å²) in [7, 11) is 0. The van der Waals surface area contributed by atoms with Crippen LogP contribution in [0.15, 0.2) is 59.6 Å². The first kappa shape index (κ1) is 18.7. The van der Waals surface area contributed by atoms with Crippen LogP contribution in [0.1, 0.15) is 37.3 Å². The zero-order chi connectivity index (χ0) is 19.1. The number of allylic oxidation sites excluding steroid dienone is 1. The minimum atomic E-state index is -0.902. The van der Waals surface area contributed by atoms with Crippen molar-refractivity contribution >= 4 is 28.8 Å². The molecule has 0 amide bonds. The number of guanidine groups is 1. The van der Waals surface area contributed by atoms with Gasteiger partial charge in [0.2, 0.25) is 0 Å².